The minimum Gasteiger partial charge on any atom is -0.504 e. The molecule has 2 N–H and O–H groups in total. The lowest BCUT2D eigenvalue weighted by Crippen LogP contribution is -2.32. The fourth-order valence-corrected chi connectivity index (χ4v) is 3.81. The number of ketones is 1. The number of rotatable bonds is 10. The molecule has 0 spiro atoms. The minimum atomic E-state index is -0.788. The van der Waals surface area contributed by atoms with Gasteiger partial charge in [-0.05, 0) is 36.1 Å². The Bertz CT molecular complexity index is 969. The highest BCUT2D eigenvalue weighted by molar-refractivity contribution is 6.09. The molecule has 7 heteroatoms. The molecule has 0 aliphatic carbocycles. The van der Waals surface area contributed by atoms with Gasteiger partial charge in [-0.2, -0.15) is 0 Å². The zero-order valence-electron chi connectivity index (χ0n) is 17.7. The largest absolute Gasteiger partial charge is 0.504 e. The zero-order valence-corrected chi connectivity index (χ0v) is 17.7. The number of hydrogen-bond donors (Lipinski definition) is 2. The summed E-state index contributed by atoms with van der Waals surface area (Å²) in [5.41, 5.74) is 1.58. The summed E-state index contributed by atoms with van der Waals surface area (Å²) in [5.74, 6) is -1.25. The lowest BCUT2D eigenvalue weighted by molar-refractivity contribution is -0.129. The van der Waals surface area contributed by atoms with Gasteiger partial charge in [0.2, 0.25) is 0 Å². The average molecular weight is 425 g/mol. The van der Waals surface area contributed by atoms with Crippen LogP contribution in [0.15, 0.2) is 59.9 Å². The van der Waals surface area contributed by atoms with Crippen LogP contribution in [0.2, 0.25) is 0 Å². The van der Waals surface area contributed by atoms with E-state index in [1.165, 1.54) is 18.1 Å². The molecule has 2 aromatic rings. The third-order valence-corrected chi connectivity index (χ3v) is 5.35. The van der Waals surface area contributed by atoms with E-state index in [-0.39, 0.29) is 29.3 Å². The van der Waals surface area contributed by atoms with Crippen molar-refractivity contribution >= 4 is 11.7 Å². The van der Waals surface area contributed by atoms with E-state index in [0.717, 1.165) is 5.56 Å². The Hall–Kier alpha value is -3.32. The van der Waals surface area contributed by atoms with Crippen LogP contribution in [0.3, 0.4) is 0 Å². The second-order valence-electron chi connectivity index (χ2n) is 7.35. The van der Waals surface area contributed by atoms with Gasteiger partial charge in [0.1, 0.15) is 0 Å². The summed E-state index contributed by atoms with van der Waals surface area (Å²) in [7, 11) is 3.01. The van der Waals surface area contributed by atoms with Crippen LogP contribution in [0, 0.1) is 0 Å². The lowest BCUT2D eigenvalue weighted by Gasteiger charge is -2.27. The smallest absolute Gasteiger partial charge is 0.290 e. The van der Waals surface area contributed by atoms with Crippen molar-refractivity contribution < 1.29 is 29.3 Å². The first-order chi connectivity index (χ1) is 15.0. The van der Waals surface area contributed by atoms with Crippen LogP contribution in [-0.2, 0) is 20.7 Å². The SMILES string of the molecule is COCCCN1C(=O)C(O)=C(C(=O)CCc2ccccc2)C1c1ccc(OC)c(O)c1. The highest BCUT2D eigenvalue weighted by Crippen LogP contribution is 2.41. The van der Waals surface area contributed by atoms with E-state index in [9.17, 15) is 19.8 Å². The predicted octanol–water partition coefficient (Wildman–Crippen LogP) is 3.33. The molecule has 164 valence electrons. The number of ether oxygens (including phenoxy) is 2. The number of phenolic OH excluding ortho intramolecular Hbond substituents is 1. The molecule has 1 aliphatic rings. The fraction of sp³-hybridized carbons (Fsp3) is 0.333. The summed E-state index contributed by atoms with van der Waals surface area (Å²) in [6.45, 7) is 0.728. The maximum Gasteiger partial charge on any atom is 0.290 e. The first-order valence-corrected chi connectivity index (χ1v) is 10.1. The molecule has 0 fully saturated rings. The number of hydrogen-bond acceptors (Lipinski definition) is 6. The molecular weight excluding hydrogens is 398 g/mol. The van der Waals surface area contributed by atoms with Crippen LogP contribution in [0.25, 0.3) is 0 Å². The molecule has 0 saturated heterocycles. The number of methoxy groups -OCH3 is 2. The number of aliphatic hydroxyl groups is 1. The Morgan fingerprint density at radius 1 is 1.10 bits per heavy atom. The van der Waals surface area contributed by atoms with Gasteiger partial charge in [-0.3, -0.25) is 9.59 Å². The molecule has 0 radical (unpaired) electrons. The first-order valence-electron chi connectivity index (χ1n) is 10.1. The standard InChI is InChI=1S/C24H27NO6/c1-30-14-6-13-25-22(17-10-12-20(31-2)19(27)15-17)21(23(28)24(25)29)18(26)11-9-16-7-4-3-5-8-16/h3-5,7-8,10,12,15,22,27-28H,6,9,11,13-14H2,1-2H3. The molecule has 3 rings (SSSR count). The first kappa shape index (κ1) is 22.4. The number of aliphatic hydroxyl groups excluding tert-OH is 1. The van der Waals surface area contributed by atoms with E-state index in [2.05, 4.69) is 0 Å². The third kappa shape index (κ3) is 4.88. The molecule has 0 saturated carbocycles. The van der Waals surface area contributed by atoms with Crippen LogP contribution in [0.5, 0.6) is 11.5 Å². The van der Waals surface area contributed by atoms with Crippen molar-refractivity contribution in [1.82, 2.24) is 4.90 Å². The summed E-state index contributed by atoms with van der Waals surface area (Å²) in [5, 5.41) is 20.9. The molecule has 1 heterocycles. The number of aryl methyl sites for hydroxylation is 1. The summed E-state index contributed by atoms with van der Waals surface area (Å²) in [6, 6.07) is 13.5. The fourth-order valence-electron chi connectivity index (χ4n) is 3.81. The average Bonchev–Trinajstić information content (AvgIpc) is 3.03. The molecule has 1 unspecified atom stereocenters. The van der Waals surface area contributed by atoms with E-state index < -0.39 is 17.7 Å². The second-order valence-corrected chi connectivity index (χ2v) is 7.35. The second kappa shape index (κ2) is 10.1. The molecule has 2 aromatic carbocycles. The van der Waals surface area contributed by atoms with Crippen molar-refractivity contribution in [2.24, 2.45) is 0 Å². The monoisotopic (exact) mass is 425 g/mol. The predicted molar refractivity (Wildman–Crippen MR) is 115 cm³/mol. The van der Waals surface area contributed by atoms with Crippen molar-refractivity contribution in [1.29, 1.82) is 0 Å². The molecule has 1 aliphatic heterocycles. The topological polar surface area (TPSA) is 96.3 Å². The van der Waals surface area contributed by atoms with Crippen molar-refractivity contribution in [3.05, 3.63) is 71.0 Å². The third-order valence-electron chi connectivity index (χ3n) is 5.35. The Labute approximate surface area is 181 Å². The molecule has 0 bridgehead atoms. The molecule has 1 atom stereocenters. The number of aromatic hydroxyl groups is 1. The van der Waals surface area contributed by atoms with E-state index in [0.29, 0.717) is 31.6 Å². The van der Waals surface area contributed by atoms with Gasteiger partial charge < -0.3 is 24.6 Å². The Balaban J connectivity index is 1.92. The summed E-state index contributed by atoms with van der Waals surface area (Å²) >= 11 is 0. The quantitative estimate of drug-likeness (QED) is 0.567. The van der Waals surface area contributed by atoms with Gasteiger partial charge in [-0.15, -0.1) is 0 Å². The van der Waals surface area contributed by atoms with Crippen LogP contribution < -0.4 is 4.74 Å². The maximum absolute atomic E-state index is 13.1. The minimum absolute atomic E-state index is 0.0583. The molecule has 0 aromatic heterocycles. The number of benzene rings is 2. The number of nitrogens with zero attached hydrogens (tertiary/aromatic N) is 1. The Kier molecular flexibility index (Phi) is 7.31. The van der Waals surface area contributed by atoms with Crippen LogP contribution in [-0.4, -0.2) is 54.2 Å². The molecule has 1 amide bonds. The lowest BCUT2D eigenvalue weighted by atomic mass is 9.93. The van der Waals surface area contributed by atoms with Gasteiger partial charge in [0, 0.05) is 26.7 Å². The van der Waals surface area contributed by atoms with Crippen molar-refractivity contribution in [2.75, 3.05) is 27.4 Å². The van der Waals surface area contributed by atoms with Crippen LogP contribution in [0.1, 0.15) is 30.0 Å². The maximum atomic E-state index is 13.1. The summed E-state index contributed by atoms with van der Waals surface area (Å²) in [4.78, 5) is 27.4. The highest BCUT2D eigenvalue weighted by atomic mass is 16.5. The normalized spacial score (nSPS) is 16.1. The van der Waals surface area contributed by atoms with Gasteiger partial charge in [-0.25, -0.2) is 0 Å². The van der Waals surface area contributed by atoms with E-state index in [4.69, 9.17) is 9.47 Å². The summed E-state index contributed by atoms with van der Waals surface area (Å²) in [6.07, 6.45) is 1.19. The van der Waals surface area contributed by atoms with Gasteiger partial charge >= 0.3 is 0 Å². The number of phenols is 1. The zero-order chi connectivity index (χ0) is 22.4. The van der Waals surface area contributed by atoms with E-state index in [1.54, 1.807) is 19.2 Å². The van der Waals surface area contributed by atoms with E-state index >= 15 is 0 Å². The molecule has 31 heavy (non-hydrogen) atoms. The highest BCUT2D eigenvalue weighted by Gasteiger charge is 2.43. The Morgan fingerprint density at radius 3 is 2.48 bits per heavy atom. The van der Waals surface area contributed by atoms with Crippen LogP contribution in [0.4, 0.5) is 0 Å². The van der Waals surface area contributed by atoms with Crippen molar-refractivity contribution in [3.8, 4) is 11.5 Å². The van der Waals surface area contributed by atoms with Crippen molar-refractivity contribution in [3.63, 3.8) is 0 Å². The van der Waals surface area contributed by atoms with Gasteiger partial charge in [-0.1, -0.05) is 36.4 Å². The summed E-state index contributed by atoms with van der Waals surface area (Å²) < 4.78 is 10.2. The van der Waals surface area contributed by atoms with Crippen LogP contribution >= 0.6 is 0 Å². The Morgan fingerprint density at radius 2 is 1.84 bits per heavy atom. The molecule has 7 nitrogen and oxygen atoms in total. The van der Waals surface area contributed by atoms with Gasteiger partial charge in [0.25, 0.3) is 5.91 Å². The number of carbonyl (C=O) groups excluding carboxylic acids is 2. The number of Topliss-reactive ketones (excluding diaryl/α,β-unsaturated/α-hetero) is 1. The number of carbonyl (C=O) groups is 2. The molecular formula is C24H27NO6. The van der Waals surface area contributed by atoms with Gasteiger partial charge in [0.05, 0.1) is 18.7 Å². The van der Waals surface area contributed by atoms with E-state index in [1.807, 2.05) is 30.3 Å². The van der Waals surface area contributed by atoms with Gasteiger partial charge in [0.15, 0.2) is 23.0 Å². The van der Waals surface area contributed by atoms with Crippen molar-refractivity contribution in [2.45, 2.75) is 25.3 Å². The number of amides is 1.